The van der Waals surface area contributed by atoms with Gasteiger partial charge in [0.15, 0.2) is 0 Å². The number of carbonyl (C=O) groups is 1. The number of hydrogen-bond donors (Lipinski definition) is 1. The number of methoxy groups -OCH3 is 1. The molecular formula is C16H20FN3O2. The summed E-state index contributed by atoms with van der Waals surface area (Å²) in [7, 11) is 1.58. The summed E-state index contributed by atoms with van der Waals surface area (Å²) in [5.41, 5.74) is 2.04. The summed E-state index contributed by atoms with van der Waals surface area (Å²) in [6.07, 6.45) is 1.54. The van der Waals surface area contributed by atoms with Crippen molar-refractivity contribution in [3.63, 3.8) is 0 Å². The zero-order valence-corrected chi connectivity index (χ0v) is 13.0. The number of benzene rings is 1. The number of rotatable bonds is 6. The Morgan fingerprint density at radius 1 is 1.36 bits per heavy atom. The van der Waals surface area contributed by atoms with Crippen molar-refractivity contribution in [2.24, 2.45) is 0 Å². The van der Waals surface area contributed by atoms with E-state index in [9.17, 15) is 9.18 Å². The number of hydrogen-bond acceptors (Lipinski definition) is 3. The fourth-order valence-electron chi connectivity index (χ4n) is 2.24. The smallest absolute Gasteiger partial charge is 0.254 e. The maximum absolute atomic E-state index is 13.1. The Bertz CT molecular complexity index is 635. The van der Waals surface area contributed by atoms with Gasteiger partial charge in [-0.25, -0.2) is 9.07 Å². The lowest BCUT2D eigenvalue weighted by Gasteiger charge is -2.13. The highest BCUT2D eigenvalue weighted by Gasteiger charge is 2.20. The maximum Gasteiger partial charge on any atom is 0.254 e. The summed E-state index contributed by atoms with van der Waals surface area (Å²) in [5, 5.41) is 7.08. The van der Waals surface area contributed by atoms with Crippen molar-refractivity contribution in [2.45, 2.75) is 19.8 Å². The first-order chi connectivity index (χ1) is 10.5. The number of carbonyl (C=O) groups excluding carboxylic acids is 1. The van der Waals surface area contributed by atoms with Crippen molar-refractivity contribution < 1.29 is 13.9 Å². The maximum atomic E-state index is 13.1. The van der Waals surface area contributed by atoms with Crippen LogP contribution in [-0.4, -0.2) is 35.9 Å². The van der Waals surface area contributed by atoms with Gasteiger partial charge in [0.1, 0.15) is 5.82 Å². The van der Waals surface area contributed by atoms with E-state index in [0.29, 0.717) is 18.7 Å². The summed E-state index contributed by atoms with van der Waals surface area (Å²) < 4.78 is 19.7. The highest BCUT2D eigenvalue weighted by atomic mass is 19.1. The second-order valence-corrected chi connectivity index (χ2v) is 5.24. The van der Waals surface area contributed by atoms with Crippen LogP contribution in [0.2, 0.25) is 0 Å². The summed E-state index contributed by atoms with van der Waals surface area (Å²) in [6, 6.07) is 6.03. The van der Waals surface area contributed by atoms with Crippen LogP contribution >= 0.6 is 0 Å². The molecule has 2 rings (SSSR count). The molecule has 0 aliphatic rings. The molecule has 0 saturated carbocycles. The molecule has 0 atom stereocenters. The molecule has 0 radical (unpaired) electrons. The van der Waals surface area contributed by atoms with E-state index in [4.69, 9.17) is 4.74 Å². The third-order valence-corrected chi connectivity index (χ3v) is 3.26. The van der Waals surface area contributed by atoms with Gasteiger partial charge in [-0.15, -0.1) is 0 Å². The SMILES string of the molecule is COCCNC(=O)c1cnn(-c2ccc(F)cc2)c1C(C)C. The van der Waals surface area contributed by atoms with Gasteiger partial charge in [-0.3, -0.25) is 4.79 Å². The number of ether oxygens (including phenoxy) is 1. The molecule has 0 saturated heterocycles. The van der Waals surface area contributed by atoms with Crippen molar-refractivity contribution in [1.29, 1.82) is 0 Å². The van der Waals surface area contributed by atoms with Crippen molar-refractivity contribution in [3.05, 3.63) is 47.5 Å². The van der Waals surface area contributed by atoms with Crippen molar-refractivity contribution in [1.82, 2.24) is 15.1 Å². The number of nitrogens with zero attached hydrogens (tertiary/aromatic N) is 2. The predicted octanol–water partition coefficient (Wildman–Crippen LogP) is 2.51. The number of halogens is 1. The molecule has 1 aromatic carbocycles. The van der Waals surface area contributed by atoms with Crippen LogP contribution in [-0.2, 0) is 4.74 Å². The van der Waals surface area contributed by atoms with E-state index in [1.807, 2.05) is 13.8 Å². The van der Waals surface area contributed by atoms with E-state index < -0.39 is 0 Å². The van der Waals surface area contributed by atoms with Crippen molar-refractivity contribution in [2.75, 3.05) is 20.3 Å². The van der Waals surface area contributed by atoms with Crippen LogP contribution < -0.4 is 5.32 Å². The Balaban J connectivity index is 2.33. The Morgan fingerprint density at radius 2 is 2.05 bits per heavy atom. The molecule has 0 bridgehead atoms. The van der Waals surface area contributed by atoms with Crippen LogP contribution in [0, 0.1) is 5.82 Å². The monoisotopic (exact) mass is 305 g/mol. The number of nitrogens with one attached hydrogen (secondary N) is 1. The average Bonchev–Trinajstić information content (AvgIpc) is 2.93. The van der Waals surface area contributed by atoms with Crippen molar-refractivity contribution >= 4 is 5.91 Å². The summed E-state index contributed by atoms with van der Waals surface area (Å²) in [4.78, 5) is 12.3. The topological polar surface area (TPSA) is 56.1 Å². The van der Waals surface area contributed by atoms with E-state index in [2.05, 4.69) is 10.4 Å². The van der Waals surface area contributed by atoms with Crippen LogP contribution in [0.15, 0.2) is 30.5 Å². The zero-order valence-electron chi connectivity index (χ0n) is 13.0. The second kappa shape index (κ2) is 7.17. The van der Waals surface area contributed by atoms with Crippen molar-refractivity contribution in [3.8, 4) is 5.69 Å². The minimum atomic E-state index is -0.306. The Kier molecular flexibility index (Phi) is 5.27. The van der Waals surface area contributed by atoms with E-state index in [1.54, 1.807) is 30.1 Å². The Labute approximate surface area is 129 Å². The summed E-state index contributed by atoms with van der Waals surface area (Å²) in [6.45, 7) is 4.87. The first kappa shape index (κ1) is 16.2. The molecule has 0 spiro atoms. The fraction of sp³-hybridized carbons (Fsp3) is 0.375. The van der Waals surface area contributed by atoms with E-state index in [1.165, 1.54) is 12.1 Å². The predicted molar refractivity (Wildman–Crippen MR) is 81.8 cm³/mol. The molecule has 1 N–H and O–H groups in total. The standard InChI is InChI=1S/C16H20FN3O2/c1-11(2)15-14(16(21)18-8-9-22-3)10-19-20(15)13-6-4-12(17)5-7-13/h4-7,10-11H,8-9H2,1-3H3,(H,18,21). The van der Waals surface area contributed by atoms with Crippen LogP contribution in [0.4, 0.5) is 4.39 Å². The third kappa shape index (κ3) is 3.51. The Morgan fingerprint density at radius 3 is 2.64 bits per heavy atom. The second-order valence-electron chi connectivity index (χ2n) is 5.24. The van der Waals surface area contributed by atoms with E-state index in [-0.39, 0.29) is 17.6 Å². The van der Waals surface area contributed by atoms with Gasteiger partial charge in [0.25, 0.3) is 5.91 Å². The minimum absolute atomic E-state index is 0.0933. The lowest BCUT2D eigenvalue weighted by atomic mass is 10.1. The molecule has 0 fully saturated rings. The van der Waals surface area contributed by atoms with Gasteiger partial charge in [0.2, 0.25) is 0 Å². The van der Waals surface area contributed by atoms with Gasteiger partial charge in [-0.1, -0.05) is 13.8 Å². The molecule has 0 aliphatic heterocycles. The minimum Gasteiger partial charge on any atom is -0.383 e. The zero-order chi connectivity index (χ0) is 16.1. The molecular weight excluding hydrogens is 285 g/mol. The quantitative estimate of drug-likeness (QED) is 0.834. The molecule has 2 aromatic rings. The van der Waals surface area contributed by atoms with E-state index in [0.717, 1.165) is 11.4 Å². The van der Waals surface area contributed by atoms with Gasteiger partial charge in [-0.2, -0.15) is 5.10 Å². The number of aromatic nitrogens is 2. The fourth-order valence-corrected chi connectivity index (χ4v) is 2.24. The largest absolute Gasteiger partial charge is 0.383 e. The third-order valence-electron chi connectivity index (χ3n) is 3.26. The molecule has 1 aromatic heterocycles. The highest BCUT2D eigenvalue weighted by Crippen LogP contribution is 2.23. The molecule has 0 unspecified atom stereocenters. The van der Waals surface area contributed by atoms with Gasteiger partial charge in [0.05, 0.1) is 29.7 Å². The first-order valence-corrected chi connectivity index (χ1v) is 7.15. The summed E-state index contributed by atoms with van der Waals surface area (Å²) in [5.74, 6) is -0.399. The summed E-state index contributed by atoms with van der Waals surface area (Å²) >= 11 is 0. The molecule has 6 heteroatoms. The van der Waals surface area contributed by atoms with Crippen LogP contribution in [0.25, 0.3) is 5.69 Å². The van der Waals surface area contributed by atoms with Gasteiger partial charge < -0.3 is 10.1 Å². The normalized spacial score (nSPS) is 11.0. The molecule has 1 heterocycles. The van der Waals surface area contributed by atoms with Gasteiger partial charge in [0, 0.05) is 13.7 Å². The molecule has 1 amide bonds. The van der Waals surface area contributed by atoms with Crippen LogP contribution in [0.1, 0.15) is 35.8 Å². The molecule has 118 valence electrons. The lowest BCUT2D eigenvalue weighted by Crippen LogP contribution is -2.27. The van der Waals surface area contributed by atoms with E-state index >= 15 is 0 Å². The molecule has 22 heavy (non-hydrogen) atoms. The average molecular weight is 305 g/mol. The Hall–Kier alpha value is -2.21. The van der Waals surface area contributed by atoms with Crippen LogP contribution in [0.5, 0.6) is 0 Å². The number of amides is 1. The first-order valence-electron chi connectivity index (χ1n) is 7.15. The van der Waals surface area contributed by atoms with Gasteiger partial charge in [-0.05, 0) is 30.2 Å². The lowest BCUT2D eigenvalue weighted by molar-refractivity contribution is 0.0935. The molecule has 5 nitrogen and oxygen atoms in total. The van der Waals surface area contributed by atoms with Crippen LogP contribution in [0.3, 0.4) is 0 Å². The highest BCUT2D eigenvalue weighted by molar-refractivity contribution is 5.95. The van der Waals surface area contributed by atoms with Gasteiger partial charge >= 0.3 is 0 Å². The molecule has 0 aliphatic carbocycles.